The second-order valence-electron chi connectivity index (χ2n) is 3.57. The van der Waals surface area contributed by atoms with Gasteiger partial charge < -0.3 is 24.4 Å². The summed E-state index contributed by atoms with van der Waals surface area (Å²) in [5, 5.41) is 11.0. The molecule has 0 atom stereocenters. The van der Waals surface area contributed by atoms with Crippen LogP contribution in [0.5, 0.6) is 11.5 Å². The molecule has 0 bridgehead atoms. The fourth-order valence-corrected chi connectivity index (χ4v) is 1.70. The van der Waals surface area contributed by atoms with Crippen LogP contribution in [0.2, 0.25) is 0 Å². The van der Waals surface area contributed by atoms with Crippen molar-refractivity contribution in [2.45, 2.75) is 0 Å². The molecule has 1 N–H and O–H groups in total. The summed E-state index contributed by atoms with van der Waals surface area (Å²) in [4.78, 5) is 25.4. The number of aromatic nitrogens is 1. The van der Waals surface area contributed by atoms with E-state index in [1.54, 1.807) is 6.07 Å². The molecule has 0 unspecified atom stereocenters. The van der Waals surface area contributed by atoms with Gasteiger partial charge in [-0.2, -0.15) is 0 Å². The number of benzene rings is 1. The van der Waals surface area contributed by atoms with Crippen molar-refractivity contribution in [2.75, 3.05) is 14.2 Å². The van der Waals surface area contributed by atoms with Gasteiger partial charge in [0.2, 0.25) is 0 Å². The molecular formula is C12H10NO5-. The number of fused-ring (bicyclic) bond motifs is 1. The summed E-state index contributed by atoms with van der Waals surface area (Å²) < 4.78 is 10.1. The van der Waals surface area contributed by atoms with Crippen LogP contribution in [0.25, 0.3) is 10.9 Å². The molecule has 2 aromatic rings. The average Bonchev–Trinajstić information content (AvgIpc) is 2.37. The van der Waals surface area contributed by atoms with Gasteiger partial charge in [0.05, 0.1) is 36.7 Å². The van der Waals surface area contributed by atoms with E-state index in [0.29, 0.717) is 17.0 Å². The molecule has 0 spiro atoms. The molecule has 1 aromatic heterocycles. The predicted molar refractivity (Wildman–Crippen MR) is 62.0 cm³/mol. The van der Waals surface area contributed by atoms with Crippen LogP contribution in [-0.2, 0) is 0 Å². The first kappa shape index (κ1) is 12.0. The van der Waals surface area contributed by atoms with E-state index in [2.05, 4.69) is 4.98 Å². The van der Waals surface area contributed by atoms with Crippen LogP contribution in [-0.4, -0.2) is 25.2 Å². The minimum Gasteiger partial charge on any atom is -0.545 e. The fourth-order valence-electron chi connectivity index (χ4n) is 1.70. The molecule has 0 saturated heterocycles. The van der Waals surface area contributed by atoms with Gasteiger partial charge in [-0.25, -0.2) is 0 Å². The number of carbonyl (C=O) groups is 1. The average molecular weight is 248 g/mol. The van der Waals surface area contributed by atoms with Crippen molar-refractivity contribution < 1.29 is 19.4 Å². The quantitative estimate of drug-likeness (QED) is 0.819. The van der Waals surface area contributed by atoms with E-state index in [-0.39, 0.29) is 5.39 Å². The molecule has 0 aliphatic heterocycles. The van der Waals surface area contributed by atoms with Gasteiger partial charge in [0.25, 0.3) is 0 Å². The third-order valence-corrected chi connectivity index (χ3v) is 2.60. The molecule has 1 heterocycles. The van der Waals surface area contributed by atoms with Gasteiger partial charge in [-0.05, 0) is 6.07 Å². The van der Waals surface area contributed by atoms with Crippen LogP contribution in [0.15, 0.2) is 23.1 Å². The number of nitrogens with one attached hydrogen (secondary N) is 1. The zero-order chi connectivity index (χ0) is 13.3. The van der Waals surface area contributed by atoms with E-state index < -0.39 is 17.0 Å². The Hall–Kier alpha value is -2.50. The molecule has 0 aliphatic rings. The summed E-state index contributed by atoms with van der Waals surface area (Å²) in [6.07, 6.45) is 1.09. The lowest BCUT2D eigenvalue weighted by Crippen LogP contribution is -2.29. The highest BCUT2D eigenvalue weighted by molar-refractivity contribution is 5.93. The minimum absolute atomic E-state index is 0.174. The lowest BCUT2D eigenvalue weighted by molar-refractivity contribution is -0.255. The van der Waals surface area contributed by atoms with E-state index in [1.807, 2.05) is 0 Å². The molecule has 2 rings (SSSR count). The number of methoxy groups -OCH3 is 2. The second kappa shape index (κ2) is 4.40. The van der Waals surface area contributed by atoms with Crippen molar-refractivity contribution in [3.63, 3.8) is 0 Å². The standard InChI is InChI=1S/C12H11NO5/c1-17-6-3-7-10(9(4-6)18-2)13-5-8(11(7)14)12(15)16/h3-5H,1-2H3,(H,13,14)(H,15,16)/p-1. The Morgan fingerprint density at radius 3 is 2.56 bits per heavy atom. The highest BCUT2D eigenvalue weighted by Crippen LogP contribution is 2.27. The maximum Gasteiger partial charge on any atom is 0.198 e. The van der Waals surface area contributed by atoms with Gasteiger partial charge >= 0.3 is 0 Å². The first-order valence-corrected chi connectivity index (χ1v) is 5.07. The largest absolute Gasteiger partial charge is 0.545 e. The molecule has 0 aliphatic carbocycles. The van der Waals surface area contributed by atoms with Crippen molar-refractivity contribution in [1.29, 1.82) is 0 Å². The normalized spacial score (nSPS) is 10.3. The first-order valence-electron chi connectivity index (χ1n) is 5.07. The molecule has 1 aromatic carbocycles. The van der Waals surface area contributed by atoms with Crippen LogP contribution in [0.3, 0.4) is 0 Å². The molecule has 6 heteroatoms. The lowest BCUT2D eigenvalue weighted by atomic mass is 10.1. The maximum atomic E-state index is 12.0. The number of H-pyrrole nitrogens is 1. The molecule has 6 nitrogen and oxygen atoms in total. The van der Waals surface area contributed by atoms with Crippen molar-refractivity contribution in [2.24, 2.45) is 0 Å². The number of aromatic amines is 1. The van der Waals surface area contributed by atoms with Crippen molar-refractivity contribution in [1.82, 2.24) is 4.98 Å². The smallest absolute Gasteiger partial charge is 0.198 e. The van der Waals surface area contributed by atoms with Gasteiger partial charge in [-0.3, -0.25) is 4.79 Å². The number of carbonyl (C=O) groups excluding carboxylic acids is 1. The Labute approximate surface area is 102 Å². The number of carboxylic acid groups (broad SMARTS) is 1. The minimum atomic E-state index is -1.53. The van der Waals surface area contributed by atoms with Crippen molar-refractivity contribution >= 4 is 16.9 Å². The van der Waals surface area contributed by atoms with Crippen LogP contribution in [0.4, 0.5) is 0 Å². The third kappa shape index (κ3) is 1.77. The summed E-state index contributed by atoms with van der Waals surface area (Å²) in [6, 6.07) is 3.04. The van der Waals surface area contributed by atoms with Crippen LogP contribution < -0.4 is 20.0 Å². The first-order chi connectivity index (χ1) is 8.58. The van der Waals surface area contributed by atoms with Crippen LogP contribution in [0, 0.1) is 0 Å². The van der Waals surface area contributed by atoms with Crippen LogP contribution >= 0.6 is 0 Å². The Bertz CT molecular complexity index is 674. The molecular weight excluding hydrogens is 238 g/mol. The molecule has 0 radical (unpaired) electrons. The van der Waals surface area contributed by atoms with Crippen molar-refractivity contribution in [3.05, 3.63) is 34.1 Å². The van der Waals surface area contributed by atoms with E-state index >= 15 is 0 Å². The Morgan fingerprint density at radius 2 is 2.00 bits per heavy atom. The van der Waals surface area contributed by atoms with E-state index in [1.165, 1.54) is 20.3 Å². The maximum absolute atomic E-state index is 12.0. The SMILES string of the molecule is COc1cc(OC)c2[nH]cc(C(=O)[O-])c(=O)c2c1. The summed E-state index contributed by atoms with van der Waals surface area (Å²) >= 11 is 0. The molecule has 0 amide bonds. The van der Waals surface area contributed by atoms with E-state index in [9.17, 15) is 14.7 Å². The highest BCUT2D eigenvalue weighted by atomic mass is 16.5. The number of ether oxygens (including phenoxy) is 2. The van der Waals surface area contributed by atoms with Gasteiger partial charge in [-0.1, -0.05) is 0 Å². The number of hydrogen-bond acceptors (Lipinski definition) is 5. The zero-order valence-corrected chi connectivity index (χ0v) is 9.77. The summed E-state index contributed by atoms with van der Waals surface area (Å²) in [5.74, 6) is -0.730. The van der Waals surface area contributed by atoms with E-state index in [4.69, 9.17) is 9.47 Å². The molecule has 0 saturated carbocycles. The fraction of sp³-hybridized carbons (Fsp3) is 0.167. The number of pyridine rings is 1. The summed E-state index contributed by atoms with van der Waals surface area (Å²) in [5.41, 5.74) is -0.660. The van der Waals surface area contributed by atoms with Crippen molar-refractivity contribution in [3.8, 4) is 11.5 Å². The second-order valence-corrected chi connectivity index (χ2v) is 3.57. The summed E-state index contributed by atoms with van der Waals surface area (Å²) in [6.45, 7) is 0. The number of aromatic carboxylic acids is 1. The van der Waals surface area contributed by atoms with E-state index in [0.717, 1.165) is 6.20 Å². The third-order valence-electron chi connectivity index (χ3n) is 2.60. The lowest BCUT2D eigenvalue weighted by Gasteiger charge is -2.09. The van der Waals surface area contributed by atoms with Gasteiger partial charge in [0.1, 0.15) is 11.5 Å². The summed E-state index contributed by atoms with van der Waals surface area (Å²) in [7, 11) is 2.89. The molecule has 94 valence electrons. The predicted octanol–water partition coefficient (Wildman–Crippen LogP) is -0.0912. The Balaban J connectivity index is 2.88. The number of hydrogen-bond donors (Lipinski definition) is 1. The Morgan fingerprint density at radius 1 is 1.28 bits per heavy atom. The number of rotatable bonds is 3. The zero-order valence-electron chi connectivity index (χ0n) is 9.77. The number of carboxylic acids is 1. The van der Waals surface area contributed by atoms with Gasteiger partial charge in [-0.15, -0.1) is 0 Å². The monoisotopic (exact) mass is 248 g/mol. The van der Waals surface area contributed by atoms with Crippen LogP contribution in [0.1, 0.15) is 10.4 Å². The molecule has 18 heavy (non-hydrogen) atoms. The topological polar surface area (TPSA) is 91.4 Å². The Kier molecular flexibility index (Phi) is 2.93. The van der Waals surface area contributed by atoms with Gasteiger partial charge in [0, 0.05) is 12.3 Å². The van der Waals surface area contributed by atoms with Gasteiger partial charge in [0.15, 0.2) is 5.43 Å². The molecule has 0 fully saturated rings. The highest BCUT2D eigenvalue weighted by Gasteiger charge is 2.11.